The summed E-state index contributed by atoms with van der Waals surface area (Å²) in [5.74, 6) is -9.46. The van der Waals surface area contributed by atoms with Gasteiger partial charge in [-0.2, -0.15) is 0 Å². The predicted molar refractivity (Wildman–Crippen MR) is 74.5 cm³/mol. The van der Waals surface area contributed by atoms with Crippen LogP contribution in [0.3, 0.4) is 0 Å². The summed E-state index contributed by atoms with van der Waals surface area (Å²) in [5.41, 5.74) is -2.70. The summed E-state index contributed by atoms with van der Waals surface area (Å²) >= 11 is 0. The molecule has 0 bridgehead atoms. The van der Waals surface area contributed by atoms with Crippen molar-refractivity contribution in [3.63, 3.8) is 0 Å². The molecule has 0 saturated carbocycles. The molecule has 0 aliphatic carbocycles. The summed E-state index contributed by atoms with van der Waals surface area (Å²) < 4.78 is 8.49. The fourth-order valence-corrected chi connectivity index (χ4v) is 1.25. The van der Waals surface area contributed by atoms with E-state index in [1.165, 1.54) is 0 Å². The average molecular weight is 384 g/mol. The Morgan fingerprint density at radius 1 is 0.808 bits per heavy atom. The first kappa shape index (κ1) is 25.0. The largest absolute Gasteiger partial charge is 0.481 e. The van der Waals surface area contributed by atoms with Crippen LogP contribution in [0.15, 0.2) is 0 Å². The molecule has 26 heavy (non-hydrogen) atoms. The van der Waals surface area contributed by atoms with Crippen molar-refractivity contribution in [1.82, 2.24) is 0 Å². The molecular formula is C12H16O14. The van der Waals surface area contributed by atoms with Crippen molar-refractivity contribution >= 4 is 35.8 Å². The van der Waals surface area contributed by atoms with E-state index in [1.54, 1.807) is 0 Å². The quantitative estimate of drug-likeness (QED) is 0.212. The smallest absolute Gasteiger partial charge is 0.348 e. The van der Waals surface area contributed by atoms with Crippen molar-refractivity contribution in [2.24, 2.45) is 0 Å². The molecule has 0 aliphatic rings. The zero-order valence-electron chi connectivity index (χ0n) is 13.1. The van der Waals surface area contributed by atoms with E-state index in [2.05, 4.69) is 9.47 Å². The van der Waals surface area contributed by atoms with Crippen molar-refractivity contribution in [2.75, 3.05) is 13.7 Å². The maximum atomic E-state index is 10.5. The lowest BCUT2D eigenvalue weighted by molar-refractivity contribution is -0.184. The molecule has 0 aromatic heterocycles. The monoisotopic (exact) mass is 384 g/mol. The second-order valence-electron chi connectivity index (χ2n) is 4.34. The van der Waals surface area contributed by atoms with E-state index < -0.39 is 67.0 Å². The zero-order chi connectivity index (χ0) is 21.1. The van der Waals surface area contributed by atoms with E-state index >= 15 is 0 Å². The van der Waals surface area contributed by atoms with Gasteiger partial charge in [0.25, 0.3) is 5.60 Å². The highest BCUT2D eigenvalue weighted by molar-refractivity contribution is 6.04. The minimum absolute atomic E-state index is 0.761. The Bertz CT molecular complexity index is 550. The van der Waals surface area contributed by atoms with Crippen LogP contribution >= 0.6 is 0 Å². The van der Waals surface area contributed by atoms with Crippen molar-refractivity contribution in [2.45, 2.75) is 24.5 Å². The molecule has 0 spiro atoms. The third-order valence-electron chi connectivity index (χ3n) is 2.48. The van der Waals surface area contributed by atoms with Crippen LogP contribution in [0.5, 0.6) is 0 Å². The van der Waals surface area contributed by atoms with Gasteiger partial charge in [0, 0.05) is 7.11 Å². The Labute approximate surface area is 144 Å². The summed E-state index contributed by atoms with van der Waals surface area (Å²) in [5, 5.41) is 49.9. The number of carboxylic acid groups (broad SMARTS) is 6. The van der Waals surface area contributed by atoms with Gasteiger partial charge in [0.15, 0.2) is 6.10 Å². The Hall–Kier alpha value is -3.26. The van der Waals surface area contributed by atoms with Gasteiger partial charge in [-0.15, -0.1) is 0 Å². The van der Waals surface area contributed by atoms with E-state index in [1.807, 2.05) is 0 Å². The highest BCUT2D eigenvalue weighted by Crippen LogP contribution is 2.16. The molecule has 0 radical (unpaired) electrons. The van der Waals surface area contributed by atoms with Crippen LogP contribution in [0, 0.1) is 0 Å². The molecule has 0 amide bonds. The number of rotatable bonds is 11. The topological polar surface area (TPSA) is 242 Å². The maximum absolute atomic E-state index is 10.5. The molecule has 0 aromatic carbocycles. The summed E-state index contributed by atoms with van der Waals surface area (Å²) in [4.78, 5) is 61.4. The van der Waals surface area contributed by atoms with Crippen molar-refractivity contribution in [3.8, 4) is 0 Å². The highest BCUT2D eigenvalue weighted by atomic mass is 16.5. The number of carboxylic acids is 6. The fourth-order valence-electron chi connectivity index (χ4n) is 1.25. The summed E-state index contributed by atoms with van der Waals surface area (Å²) in [7, 11) is 0.825. The molecule has 0 rings (SSSR count). The van der Waals surface area contributed by atoms with Crippen LogP contribution in [-0.2, 0) is 38.2 Å². The lowest BCUT2D eigenvalue weighted by Gasteiger charge is -2.20. The number of hydrogen-bond donors (Lipinski definition) is 6. The molecule has 148 valence electrons. The SMILES string of the molecule is COC(CC(=O)O)(C(=O)O)C(=O)O.O=C(O)COC(CC(=O)O)C(=O)O. The van der Waals surface area contributed by atoms with Gasteiger partial charge in [0.2, 0.25) is 0 Å². The third kappa shape index (κ3) is 9.14. The van der Waals surface area contributed by atoms with Crippen LogP contribution in [0.25, 0.3) is 0 Å². The first-order valence-electron chi connectivity index (χ1n) is 6.31. The summed E-state index contributed by atoms with van der Waals surface area (Å²) in [6, 6.07) is 0. The van der Waals surface area contributed by atoms with Gasteiger partial charge in [-0.1, -0.05) is 0 Å². The van der Waals surface area contributed by atoms with Gasteiger partial charge in [0.05, 0.1) is 12.8 Å². The molecular weight excluding hydrogens is 368 g/mol. The second-order valence-corrected chi connectivity index (χ2v) is 4.34. The predicted octanol–water partition coefficient (Wildman–Crippen LogP) is -1.97. The molecule has 0 aromatic rings. The van der Waals surface area contributed by atoms with Gasteiger partial charge in [-0.25, -0.2) is 19.2 Å². The average Bonchev–Trinajstić information content (AvgIpc) is 2.48. The minimum atomic E-state index is -2.70. The van der Waals surface area contributed by atoms with E-state index in [4.69, 9.17) is 30.6 Å². The van der Waals surface area contributed by atoms with Crippen molar-refractivity contribution in [1.29, 1.82) is 0 Å². The molecule has 14 heteroatoms. The van der Waals surface area contributed by atoms with Gasteiger partial charge in [0.1, 0.15) is 6.61 Å². The molecule has 14 nitrogen and oxygen atoms in total. The fraction of sp³-hybridized carbons (Fsp3) is 0.500. The summed E-state index contributed by atoms with van der Waals surface area (Å²) in [6.07, 6.45) is -3.51. The molecule has 0 fully saturated rings. The van der Waals surface area contributed by atoms with Gasteiger partial charge < -0.3 is 40.1 Å². The minimum Gasteiger partial charge on any atom is -0.481 e. The number of hydrogen-bond acceptors (Lipinski definition) is 8. The number of ether oxygens (including phenoxy) is 2. The molecule has 1 unspecified atom stereocenters. The standard InChI is InChI=1S/2C6H8O7/c1-13-6(4(9)10,5(11)12)2-3(7)8;7-4(8)1-3(6(11)12)13-2-5(9)10/h2H2,1H3,(H,7,8)(H,9,10)(H,11,12);3H,1-2H2,(H,7,8)(H,9,10)(H,11,12). The van der Waals surface area contributed by atoms with Crippen LogP contribution in [0.1, 0.15) is 12.8 Å². The van der Waals surface area contributed by atoms with E-state index in [0.717, 1.165) is 7.11 Å². The molecule has 0 aliphatic heterocycles. The molecule has 0 heterocycles. The lowest BCUT2D eigenvalue weighted by Crippen LogP contribution is -2.50. The number of aliphatic carboxylic acids is 6. The van der Waals surface area contributed by atoms with Gasteiger partial charge in [-0.3, -0.25) is 9.59 Å². The molecule has 1 atom stereocenters. The zero-order valence-corrected chi connectivity index (χ0v) is 13.1. The number of methoxy groups -OCH3 is 1. The van der Waals surface area contributed by atoms with E-state index in [0.29, 0.717) is 0 Å². The van der Waals surface area contributed by atoms with Gasteiger partial charge in [-0.05, 0) is 0 Å². The third-order valence-corrected chi connectivity index (χ3v) is 2.48. The van der Waals surface area contributed by atoms with Crippen molar-refractivity contribution in [3.05, 3.63) is 0 Å². The maximum Gasteiger partial charge on any atom is 0.348 e. The first-order chi connectivity index (χ1) is 11.8. The van der Waals surface area contributed by atoms with E-state index in [-0.39, 0.29) is 0 Å². The Morgan fingerprint density at radius 3 is 1.46 bits per heavy atom. The Morgan fingerprint density at radius 2 is 1.27 bits per heavy atom. The number of carbonyl (C=O) groups is 6. The van der Waals surface area contributed by atoms with Crippen LogP contribution in [-0.4, -0.2) is 91.9 Å². The van der Waals surface area contributed by atoms with Crippen molar-refractivity contribution < 1.29 is 68.9 Å². The van der Waals surface area contributed by atoms with Crippen LogP contribution in [0.4, 0.5) is 0 Å². The molecule has 6 N–H and O–H groups in total. The first-order valence-corrected chi connectivity index (χ1v) is 6.31. The Kier molecular flexibility index (Phi) is 10.9. The Balaban J connectivity index is 0. The highest BCUT2D eigenvalue weighted by Gasteiger charge is 2.49. The second kappa shape index (κ2) is 11.3. The normalized spacial score (nSPS) is 11.4. The lowest BCUT2D eigenvalue weighted by atomic mass is 10.0. The molecule has 0 saturated heterocycles. The van der Waals surface area contributed by atoms with E-state index in [9.17, 15) is 28.8 Å². The van der Waals surface area contributed by atoms with Crippen LogP contribution < -0.4 is 0 Å². The van der Waals surface area contributed by atoms with Crippen LogP contribution in [0.2, 0.25) is 0 Å². The van der Waals surface area contributed by atoms with Gasteiger partial charge >= 0.3 is 35.8 Å². The summed E-state index contributed by atoms with van der Waals surface area (Å²) in [6.45, 7) is -0.829.